The molecule has 6 heteroatoms. The monoisotopic (exact) mass is 338 g/mol. The van der Waals surface area contributed by atoms with Crippen LogP contribution in [0, 0.1) is 11.3 Å². The van der Waals surface area contributed by atoms with Crippen molar-refractivity contribution in [3.63, 3.8) is 0 Å². The molecule has 0 atom stereocenters. The molecule has 0 heterocycles. The molecule has 0 aliphatic rings. The third-order valence-corrected chi connectivity index (χ3v) is 3.46. The Bertz CT molecular complexity index is 807. The Morgan fingerprint density at radius 2 is 1.84 bits per heavy atom. The summed E-state index contributed by atoms with van der Waals surface area (Å²) >= 11 is 0. The maximum atomic E-state index is 12.2. The van der Waals surface area contributed by atoms with Gasteiger partial charge in [-0.05, 0) is 36.4 Å². The first-order chi connectivity index (χ1) is 12.1. The molecule has 1 amide bonds. The number of anilines is 1. The highest BCUT2D eigenvalue weighted by Gasteiger charge is 2.11. The highest BCUT2D eigenvalue weighted by molar-refractivity contribution is 5.98. The lowest BCUT2D eigenvalue weighted by molar-refractivity contribution is -0.115. The summed E-state index contributed by atoms with van der Waals surface area (Å²) in [7, 11) is 1.47. The van der Waals surface area contributed by atoms with Crippen molar-refractivity contribution in [3.05, 3.63) is 53.6 Å². The summed E-state index contributed by atoms with van der Waals surface area (Å²) in [5.74, 6) is 0.487. The molecule has 2 aromatic carbocycles. The fourth-order valence-electron chi connectivity index (χ4n) is 2.07. The van der Waals surface area contributed by atoms with Crippen LogP contribution < -0.4 is 14.8 Å². The quantitative estimate of drug-likeness (QED) is 0.783. The topological polar surface area (TPSA) is 88.4 Å². The van der Waals surface area contributed by atoms with Crippen LogP contribution in [0.3, 0.4) is 0 Å². The minimum atomic E-state index is -0.209. The van der Waals surface area contributed by atoms with E-state index in [1.165, 1.54) is 7.11 Å². The molecule has 25 heavy (non-hydrogen) atoms. The molecule has 0 saturated carbocycles. The van der Waals surface area contributed by atoms with Crippen LogP contribution in [0.4, 0.5) is 5.69 Å². The van der Waals surface area contributed by atoms with Crippen LogP contribution in [0.15, 0.2) is 42.5 Å². The molecule has 0 aliphatic heterocycles. The predicted octanol–water partition coefficient (Wildman–Crippen LogP) is 3.18. The third kappa shape index (κ3) is 4.82. The minimum absolute atomic E-state index is 0.0877. The van der Waals surface area contributed by atoms with Crippen molar-refractivity contribution in [2.75, 3.05) is 19.0 Å². The minimum Gasteiger partial charge on any atom is -0.493 e. The van der Waals surface area contributed by atoms with Gasteiger partial charge in [0.25, 0.3) is 0 Å². The van der Waals surface area contributed by atoms with Gasteiger partial charge in [0.1, 0.15) is 0 Å². The van der Waals surface area contributed by atoms with E-state index in [9.17, 15) is 9.59 Å². The van der Waals surface area contributed by atoms with Crippen molar-refractivity contribution in [1.29, 1.82) is 5.26 Å². The van der Waals surface area contributed by atoms with Crippen LogP contribution in [0.25, 0.3) is 0 Å². The SMILES string of the molecule is CCC(=O)Nc1ccc(C(=O)COc2ccc(C#N)cc2OC)cc1. The number of ether oxygens (including phenoxy) is 2. The van der Waals surface area contributed by atoms with E-state index in [-0.39, 0.29) is 18.3 Å². The van der Waals surface area contributed by atoms with E-state index in [1.54, 1.807) is 49.4 Å². The number of amides is 1. The van der Waals surface area contributed by atoms with Gasteiger partial charge in [-0.2, -0.15) is 5.26 Å². The van der Waals surface area contributed by atoms with Gasteiger partial charge in [0.2, 0.25) is 5.91 Å². The summed E-state index contributed by atoms with van der Waals surface area (Å²) in [4.78, 5) is 23.6. The fraction of sp³-hybridized carbons (Fsp3) is 0.211. The number of hydrogen-bond donors (Lipinski definition) is 1. The maximum Gasteiger partial charge on any atom is 0.224 e. The largest absolute Gasteiger partial charge is 0.493 e. The summed E-state index contributed by atoms with van der Waals surface area (Å²) in [5, 5.41) is 11.6. The second-order valence-corrected chi connectivity index (χ2v) is 5.17. The second-order valence-electron chi connectivity index (χ2n) is 5.17. The molecule has 0 unspecified atom stereocenters. The van der Waals surface area contributed by atoms with Crippen LogP contribution in [0.1, 0.15) is 29.3 Å². The Hall–Kier alpha value is -3.33. The number of nitriles is 1. The molecule has 128 valence electrons. The number of rotatable bonds is 7. The Morgan fingerprint density at radius 1 is 1.12 bits per heavy atom. The van der Waals surface area contributed by atoms with Crippen molar-refractivity contribution in [1.82, 2.24) is 0 Å². The summed E-state index contributed by atoms with van der Waals surface area (Å²) in [6, 6.07) is 13.3. The molecule has 0 spiro atoms. The molecule has 6 nitrogen and oxygen atoms in total. The number of Topliss-reactive ketones (excluding diaryl/α,β-unsaturated/α-hetero) is 1. The van der Waals surface area contributed by atoms with Crippen LogP contribution in [0.2, 0.25) is 0 Å². The van der Waals surface area contributed by atoms with E-state index < -0.39 is 0 Å². The molecular weight excluding hydrogens is 320 g/mol. The first-order valence-corrected chi connectivity index (χ1v) is 7.71. The predicted molar refractivity (Wildman–Crippen MR) is 92.9 cm³/mol. The highest BCUT2D eigenvalue weighted by Crippen LogP contribution is 2.28. The number of methoxy groups -OCH3 is 1. The van der Waals surface area contributed by atoms with Crippen molar-refractivity contribution < 1.29 is 19.1 Å². The van der Waals surface area contributed by atoms with Gasteiger partial charge >= 0.3 is 0 Å². The maximum absolute atomic E-state index is 12.2. The van der Waals surface area contributed by atoms with Gasteiger partial charge in [0, 0.05) is 23.7 Å². The molecule has 0 aliphatic carbocycles. The summed E-state index contributed by atoms with van der Waals surface area (Å²) < 4.78 is 10.7. The van der Waals surface area contributed by atoms with Crippen LogP contribution in [0.5, 0.6) is 11.5 Å². The normalized spacial score (nSPS) is 9.80. The first kappa shape index (κ1) is 18.0. The molecule has 2 rings (SSSR count). The molecule has 0 fully saturated rings. The molecule has 0 saturated heterocycles. The summed E-state index contributed by atoms with van der Waals surface area (Å²) in [6.45, 7) is 1.60. The lowest BCUT2D eigenvalue weighted by atomic mass is 10.1. The molecular formula is C19H18N2O4. The Kier molecular flexibility index (Phi) is 6.13. The zero-order chi connectivity index (χ0) is 18.2. The van der Waals surface area contributed by atoms with Crippen molar-refractivity contribution in [2.45, 2.75) is 13.3 Å². The zero-order valence-corrected chi connectivity index (χ0v) is 14.0. The second kappa shape index (κ2) is 8.50. The van der Waals surface area contributed by atoms with Crippen LogP contribution >= 0.6 is 0 Å². The molecule has 2 aromatic rings. The first-order valence-electron chi connectivity index (χ1n) is 7.71. The number of nitrogens with zero attached hydrogens (tertiary/aromatic N) is 1. The number of ketones is 1. The fourth-order valence-corrected chi connectivity index (χ4v) is 2.07. The van der Waals surface area contributed by atoms with Crippen molar-refractivity contribution in [2.24, 2.45) is 0 Å². The van der Waals surface area contributed by atoms with E-state index in [4.69, 9.17) is 14.7 Å². The Balaban J connectivity index is 2.01. The van der Waals surface area contributed by atoms with Gasteiger partial charge in [0.05, 0.1) is 18.7 Å². The van der Waals surface area contributed by atoms with E-state index in [2.05, 4.69) is 5.32 Å². The average Bonchev–Trinajstić information content (AvgIpc) is 2.66. The number of carbonyl (C=O) groups is 2. The van der Waals surface area contributed by atoms with Gasteiger partial charge < -0.3 is 14.8 Å². The van der Waals surface area contributed by atoms with Crippen LogP contribution in [-0.2, 0) is 4.79 Å². The highest BCUT2D eigenvalue weighted by atomic mass is 16.5. The van der Waals surface area contributed by atoms with E-state index >= 15 is 0 Å². The lowest BCUT2D eigenvalue weighted by Crippen LogP contribution is -2.13. The molecule has 0 bridgehead atoms. The summed E-state index contributed by atoms with van der Waals surface area (Å²) in [5.41, 5.74) is 1.56. The number of nitrogens with one attached hydrogen (secondary N) is 1. The van der Waals surface area contributed by atoms with Crippen molar-refractivity contribution >= 4 is 17.4 Å². The average molecular weight is 338 g/mol. The summed E-state index contributed by atoms with van der Waals surface area (Å²) in [6.07, 6.45) is 0.390. The molecule has 1 N–H and O–H groups in total. The molecule has 0 aromatic heterocycles. The zero-order valence-electron chi connectivity index (χ0n) is 14.0. The number of carbonyl (C=O) groups excluding carboxylic acids is 2. The number of benzene rings is 2. The van der Waals surface area contributed by atoms with Gasteiger partial charge in [-0.25, -0.2) is 0 Å². The van der Waals surface area contributed by atoms with Crippen molar-refractivity contribution in [3.8, 4) is 17.6 Å². The Labute approximate surface area is 146 Å². The Morgan fingerprint density at radius 3 is 2.44 bits per heavy atom. The van der Waals surface area contributed by atoms with Crippen LogP contribution in [-0.4, -0.2) is 25.4 Å². The number of hydrogen-bond acceptors (Lipinski definition) is 5. The van der Waals surface area contributed by atoms with E-state index in [1.807, 2.05) is 6.07 Å². The smallest absolute Gasteiger partial charge is 0.224 e. The lowest BCUT2D eigenvalue weighted by Gasteiger charge is -2.10. The third-order valence-electron chi connectivity index (χ3n) is 3.46. The van der Waals surface area contributed by atoms with Gasteiger partial charge in [-0.3, -0.25) is 9.59 Å². The molecule has 0 radical (unpaired) electrons. The van der Waals surface area contributed by atoms with Gasteiger partial charge in [-0.15, -0.1) is 0 Å². The van der Waals surface area contributed by atoms with Gasteiger partial charge in [0.15, 0.2) is 23.9 Å². The van der Waals surface area contributed by atoms with E-state index in [0.717, 1.165) is 0 Å². The van der Waals surface area contributed by atoms with Gasteiger partial charge in [-0.1, -0.05) is 6.92 Å². The standard InChI is InChI=1S/C19H18N2O4/c1-3-19(23)21-15-7-5-14(6-8-15)16(22)12-25-17-9-4-13(11-20)10-18(17)24-2/h4-10H,3,12H2,1-2H3,(H,21,23). The van der Waals surface area contributed by atoms with E-state index in [0.29, 0.717) is 34.7 Å².